The van der Waals surface area contributed by atoms with E-state index in [0.29, 0.717) is 16.5 Å². The molecule has 6 heteroatoms. The van der Waals surface area contributed by atoms with Crippen molar-refractivity contribution in [2.45, 2.75) is 6.61 Å². The Morgan fingerprint density at radius 1 is 1.08 bits per heavy atom. The molecule has 0 aliphatic heterocycles. The third-order valence-corrected chi connectivity index (χ3v) is 4.45. The summed E-state index contributed by atoms with van der Waals surface area (Å²) in [4.78, 5) is 28.4. The van der Waals surface area contributed by atoms with Gasteiger partial charge in [-0.05, 0) is 30.3 Å². The molecular formula is C20H12BrNO4. The molecule has 0 radical (unpaired) electrons. The topological polar surface area (TPSA) is 69.4 Å². The van der Waals surface area contributed by atoms with E-state index < -0.39 is 11.6 Å². The van der Waals surface area contributed by atoms with Crippen molar-refractivity contribution in [1.82, 2.24) is 4.98 Å². The largest absolute Gasteiger partial charge is 0.456 e. The predicted octanol–water partition coefficient (Wildman–Crippen LogP) is 4.46. The van der Waals surface area contributed by atoms with Crippen molar-refractivity contribution >= 4 is 43.8 Å². The Balaban J connectivity index is 1.61. The van der Waals surface area contributed by atoms with E-state index in [1.54, 1.807) is 18.2 Å². The zero-order chi connectivity index (χ0) is 18.1. The first-order valence-corrected chi connectivity index (χ1v) is 8.65. The van der Waals surface area contributed by atoms with E-state index >= 15 is 0 Å². The van der Waals surface area contributed by atoms with Gasteiger partial charge in [-0.25, -0.2) is 14.6 Å². The maximum Gasteiger partial charge on any atom is 0.357 e. The minimum absolute atomic E-state index is 0.0446. The molecule has 0 unspecified atom stereocenters. The number of benzene rings is 2. The zero-order valence-electron chi connectivity index (χ0n) is 13.4. The quantitative estimate of drug-likeness (QED) is 0.369. The van der Waals surface area contributed by atoms with Crippen LogP contribution in [0.1, 0.15) is 16.1 Å². The van der Waals surface area contributed by atoms with Gasteiger partial charge in [0, 0.05) is 26.9 Å². The molecule has 26 heavy (non-hydrogen) atoms. The van der Waals surface area contributed by atoms with Gasteiger partial charge in [0.2, 0.25) is 0 Å². The number of para-hydroxylation sites is 1. The summed E-state index contributed by atoms with van der Waals surface area (Å²) in [5.74, 6) is -0.547. The van der Waals surface area contributed by atoms with Gasteiger partial charge >= 0.3 is 11.6 Å². The van der Waals surface area contributed by atoms with Crippen LogP contribution in [0.3, 0.4) is 0 Å². The van der Waals surface area contributed by atoms with Gasteiger partial charge in [-0.3, -0.25) is 0 Å². The highest BCUT2D eigenvalue weighted by Crippen LogP contribution is 2.22. The summed E-state index contributed by atoms with van der Waals surface area (Å²) in [5, 5.41) is 1.66. The molecule has 4 aromatic rings. The molecule has 0 spiro atoms. The van der Waals surface area contributed by atoms with Crippen LogP contribution in [0.15, 0.2) is 74.3 Å². The second-order valence-electron chi connectivity index (χ2n) is 5.70. The van der Waals surface area contributed by atoms with Crippen molar-refractivity contribution in [3.8, 4) is 0 Å². The number of ether oxygens (including phenoxy) is 1. The number of hydrogen-bond donors (Lipinski definition) is 0. The number of esters is 1. The van der Waals surface area contributed by atoms with E-state index in [2.05, 4.69) is 20.9 Å². The molecule has 0 saturated carbocycles. The van der Waals surface area contributed by atoms with E-state index in [0.717, 1.165) is 15.4 Å². The molecule has 2 aromatic carbocycles. The number of rotatable bonds is 3. The first-order chi connectivity index (χ1) is 12.6. The number of nitrogens with zero attached hydrogens (tertiary/aromatic N) is 1. The Labute approximate surface area is 156 Å². The molecule has 128 valence electrons. The molecule has 2 heterocycles. The van der Waals surface area contributed by atoms with Crippen LogP contribution in [0, 0.1) is 0 Å². The predicted molar refractivity (Wildman–Crippen MR) is 101 cm³/mol. The number of carbonyl (C=O) groups is 1. The van der Waals surface area contributed by atoms with Gasteiger partial charge in [0.1, 0.15) is 17.9 Å². The second-order valence-corrected chi connectivity index (χ2v) is 6.61. The molecule has 0 amide bonds. The Hall–Kier alpha value is -2.99. The third-order valence-electron chi connectivity index (χ3n) is 3.96. The van der Waals surface area contributed by atoms with Crippen LogP contribution < -0.4 is 5.63 Å². The van der Waals surface area contributed by atoms with Crippen molar-refractivity contribution < 1.29 is 13.9 Å². The van der Waals surface area contributed by atoms with Crippen molar-refractivity contribution in [2.24, 2.45) is 0 Å². The molecule has 5 nitrogen and oxygen atoms in total. The average Bonchev–Trinajstić information content (AvgIpc) is 2.65. The highest BCUT2D eigenvalue weighted by Gasteiger charge is 2.12. The Morgan fingerprint density at radius 3 is 2.81 bits per heavy atom. The van der Waals surface area contributed by atoms with Crippen molar-refractivity contribution in [3.63, 3.8) is 0 Å². The SMILES string of the molecule is O=C(OCc1cc(=O)oc2cc(Br)ccc12)c1ccc2ccccc2n1. The molecule has 0 N–H and O–H groups in total. The molecule has 0 aliphatic carbocycles. The maximum absolute atomic E-state index is 12.3. The van der Waals surface area contributed by atoms with Crippen LogP contribution >= 0.6 is 15.9 Å². The lowest BCUT2D eigenvalue weighted by atomic mass is 10.1. The number of fused-ring (bicyclic) bond motifs is 2. The molecule has 0 atom stereocenters. The molecule has 2 aromatic heterocycles. The molecule has 0 aliphatic rings. The molecule has 4 rings (SSSR count). The van der Waals surface area contributed by atoms with Crippen LogP contribution in [0.2, 0.25) is 0 Å². The molecule has 0 saturated heterocycles. The fraction of sp³-hybridized carbons (Fsp3) is 0.0500. The summed E-state index contributed by atoms with van der Waals surface area (Å²) in [6.45, 7) is -0.0446. The van der Waals surface area contributed by atoms with Crippen molar-refractivity contribution in [3.05, 3.63) is 86.8 Å². The summed E-state index contributed by atoms with van der Waals surface area (Å²) in [7, 11) is 0. The highest BCUT2D eigenvalue weighted by molar-refractivity contribution is 9.10. The summed E-state index contributed by atoms with van der Waals surface area (Å²) in [6.07, 6.45) is 0. The Kier molecular flexibility index (Phi) is 4.26. The monoisotopic (exact) mass is 409 g/mol. The van der Waals surface area contributed by atoms with Crippen molar-refractivity contribution in [2.75, 3.05) is 0 Å². The number of carbonyl (C=O) groups excluding carboxylic acids is 1. The maximum atomic E-state index is 12.3. The summed E-state index contributed by atoms with van der Waals surface area (Å²) in [6, 6.07) is 17.6. The van der Waals surface area contributed by atoms with Gasteiger partial charge in [0.25, 0.3) is 0 Å². The first kappa shape index (κ1) is 16.5. The van der Waals surface area contributed by atoms with Crippen LogP contribution in [-0.2, 0) is 11.3 Å². The fourth-order valence-electron chi connectivity index (χ4n) is 2.72. The number of halogens is 1. The van der Waals surface area contributed by atoms with E-state index in [1.165, 1.54) is 6.07 Å². The van der Waals surface area contributed by atoms with Crippen LogP contribution in [0.4, 0.5) is 0 Å². The molecular weight excluding hydrogens is 398 g/mol. The number of aromatic nitrogens is 1. The van der Waals surface area contributed by atoms with Crippen LogP contribution in [-0.4, -0.2) is 11.0 Å². The smallest absolute Gasteiger partial charge is 0.357 e. The Bertz CT molecular complexity index is 1200. The van der Waals surface area contributed by atoms with Crippen LogP contribution in [0.25, 0.3) is 21.9 Å². The van der Waals surface area contributed by atoms with Gasteiger partial charge in [-0.1, -0.05) is 40.2 Å². The van der Waals surface area contributed by atoms with Crippen molar-refractivity contribution in [1.29, 1.82) is 0 Å². The van der Waals surface area contributed by atoms with Gasteiger partial charge in [0.15, 0.2) is 0 Å². The minimum Gasteiger partial charge on any atom is -0.456 e. The first-order valence-electron chi connectivity index (χ1n) is 7.85. The van der Waals surface area contributed by atoms with E-state index in [-0.39, 0.29) is 12.3 Å². The second kappa shape index (κ2) is 6.72. The lowest BCUT2D eigenvalue weighted by molar-refractivity contribution is 0.0467. The number of hydrogen-bond acceptors (Lipinski definition) is 5. The van der Waals surface area contributed by atoms with Gasteiger partial charge in [-0.15, -0.1) is 0 Å². The van der Waals surface area contributed by atoms with E-state index in [9.17, 15) is 9.59 Å². The normalized spacial score (nSPS) is 11.0. The van der Waals surface area contributed by atoms with Crippen LogP contribution in [0.5, 0.6) is 0 Å². The fourth-order valence-corrected chi connectivity index (χ4v) is 3.06. The zero-order valence-corrected chi connectivity index (χ0v) is 15.0. The van der Waals surface area contributed by atoms with Gasteiger partial charge in [0.05, 0.1) is 5.52 Å². The lowest BCUT2D eigenvalue weighted by Gasteiger charge is -2.08. The highest BCUT2D eigenvalue weighted by atomic mass is 79.9. The minimum atomic E-state index is -0.547. The van der Waals surface area contributed by atoms with Gasteiger partial charge < -0.3 is 9.15 Å². The van der Waals surface area contributed by atoms with E-state index in [1.807, 2.05) is 36.4 Å². The summed E-state index contributed by atoms with van der Waals surface area (Å²) in [5.41, 5.74) is 1.46. The van der Waals surface area contributed by atoms with Gasteiger partial charge in [-0.2, -0.15) is 0 Å². The summed E-state index contributed by atoms with van der Waals surface area (Å²) < 4.78 is 11.3. The number of pyridine rings is 1. The Morgan fingerprint density at radius 2 is 1.92 bits per heavy atom. The van der Waals surface area contributed by atoms with E-state index in [4.69, 9.17) is 9.15 Å². The third kappa shape index (κ3) is 3.23. The molecule has 0 bridgehead atoms. The summed E-state index contributed by atoms with van der Waals surface area (Å²) >= 11 is 3.34. The molecule has 0 fully saturated rings. The standard InChI is InChI=1S/C20H12BrNO4/c21-14-6-7-15-13(9-19(23)26-18(15)10-14)11-25-20(24)17-8-5-12-3-1-2-4-16(12)22-17/h1-10H,11H2. The average molecular weight is 410 g/mol. The lowest BCUT2D eigenvalue weighted by Crippen LogP contribution is -2.09.